The maximum absolute atomic E-state index is 11.3. The van der Waals surface area contributed by atoms with Gasteiger partial charge in [-0.1, -0.05) is 25.2 Å². The van der Waals surface area contributed by atoms with Crippen LogP contribution in [0.3, 0.4) is 0 Å². The summed E-state index contributed by atoms with van der Waals surface area (Å²) < 4.78 is 16.1. The molecule has 56 valence electrons. The van der Waals surface area contributed by atoms with Crippen LogP contribution in [0, 0.1) is 0 Å². The normalized spacial score (nSPS) is 17.2. The fourth-order valence-corrected chi connectivity index (χ4v) is 3.45. The van der Waals surface area contributed by atoms with Gasteiger partial charge in [-0.25, -0.2) is 0 Å². The van der Waals surface area contributed by atoms with Gasteiger partial charge in [-0.3, -0.25) is 4.57 Å². The molecule has 2 nitrogen and oxygen atoms in total. The second-order valence-electron chi connectivity index (χ2n) is 1.53. The van der Waals surface area contributed by atoms with Gasteiger partial charge in [0.15, 0.2) is 0 Å². The molecule has 9 heavy (non-hydrogen) atoms. The molecule has 0 radical (unpaired) electrons. The molecule has 0 aromatic rings. The van der Waals surface area contributed by atoms with Crippen LogP contribution in [0.1, 0.15) is 13.8 Å². The number of hydrogen-bond donors (Lipinski definition) is 0. The van der Waals surface area contributed by atoms with Gasteiger partial charge >= 0.3 is 0 Å². The average Bonchev–Trinajstić information content (AvgIpc) is 1.89. The predicted molar refractivity (Wildman–Crippen MR) is 43.3 cm³/mol. The van der Waals surface area contributed by atoms with Crippen molar-refractivity contribution in [2.75, 3.05) is 19.0 Å². The molecule has 4 heteroatoms. The molecule has 0 aromatic heterocycles. The summed E-state index contributed by atoms with van der Waals surface area (Å²) in [6.07, 6.45) is 0.627. The SMILES string of the molecule is CCSP(=O)(CC)OC. The van der Waals surface area contributed by atoms with Crippen LogP contribution in [0.4, 0.5) is 0 Å². The van der Waals surface area contributed by atoms with Crippen LogP contribution >= 0.6 is 18.0 Å². The van der Waals surface area contributed by atoms with E-state index < -0.39 is 6.57 Å². The van der Waals surface area contributed by atoms with Crippen molar-refractivity contribution in [3.05, 3.63) is 0 Å². The highest BCUT2D eigenvalue weighted by Gasteiger charge is 2.16. The summed E-state index contributed by atoms with van der Waals surface area (Å²) in [6.45, 7) is 1.60. The Labute approximate surface area is 60.6 Å². The third kappa shape index (κ3) is 3.29. The van der Waals surface area contributed by atoms with E-state index in [0.717, 1.165) is 5.75 Å². The molecule has 0 aromatic carbocycles. The molecule has 0 saturated carbocycles. The zero-order valence-corrected chi connectivity index (χ0v) is 7.80. The lowest BCUT2D eigenvalue weighted by Crippen LogP contribution is -1.83. The Morgan fingerprint density at radius 2 is 2.11 bits per heavy atom. The van der Waals surface area contributed by atoms with Gasteiger partial charge in [-0.15, -0.1) is 0 Å². The van der Waals surface area contributed by atoms with E-state index in [9.17, 15) is 4.57 Å². The highest BCUT2D eigenvalue weighted by atomic mass is 32.7. The third-order valence-electron chi connectivity index (χ3n) is 0.991. The molecule has 0 aliphatic carbocycles. The van der Waals surface area contributed by atoms with E-state index >= 15 is 0 Å². The summed E-state index contributed by atoms with van der Waals surface area (Å²) >= 11 is 1.41. The Hall–Kier alpha value is 0.540. The molecule has 0 aliphatic heterocycles. The molecule has 0 N–H and O–H groups in total. The molecule has 1 unspecified atom stereocenters. The minimum Gasteiger partial charge on any atom is -0.324 e. The van der Waals surface area contributed by atoms with Crippen LogP contribution in [0.2, 0.25) is 0 Å². The smallest absolute Gasteiger partial charge is 0.257 e. The first-order chi connectivity index (χ1) is 4.18. The molecular weight excluding hydrogens is 155 g/mol. The van der Waals surface area contributed by atoms with Gasteiger partial charge in [0.05, 0.1) is 0 Å². The third-order valence-corrected chi connectivity index (χ3v) is 6.15. The molecule has 0 spiro atoms. The summed E-state index contributed by atoms with van der Waals surface area (Å²) in [7, 11) is 1.51. The first-order valence-electron chi connectivity index (χ1n) is 2.98. The minimum atomic E-state index is -2.26. The van der Waals surface area contributed by atoms with Crippen molar-refractivity contribution in [1.82, 2.24) is 0 Å². The lowest BCUT2D eigenvalue weighted by Gasteiger charge is -2.10. The average molecular weight is 168 g/mol. The Morgan fingerprint density at radius 3 is 2.22 bits per heavy atom. The molecule has 0 aliphatic rings. The van der Waals surface area contributed by atoms with Gasteiger partial charge in [0.25, 0.3) is 6.57 Å². The van der Waals surface area contributed by atoms with Gasteiger partial charge in [0.1, 0.15) is 0 Å². The Kier molecular flexibility index (Phi) is 4.63. The summed E-state index contributed by atoms with van der Waals surface area (Å²) in [4.78, 5) is 0. The quantitative estimate of drug-likeness (QED) is 0.603. The van der Waals surface area contributed by atoms with Crippen LogP contribution < -0.4 is 0 Å². The fraction of sp³-hybridized carbons (Fsp3) is 1.00. The molecule has 0 amide bonds. The van der Waals surface area contributed by atoms with Gasteiger partial charge in [0.2, 0.25) is 0 Å². The monoisotopic (exact) mass is 168 g/mol. The van der Waals surface area contributed by atoms with Crippen LogP contribution in [0.15, 0.2) is 0 Å². The van der Waals surface area contributed by atoms with Gasteiger partial charge < -0.3 is 4.52 Å². The molecule has 0 saturated heterocycles. The van der Waals surface area contributed by atoms with Crippen molar-refractivity contribution in [3.8, 4) is 0 Å². The van der Waals surface area contributed by atoms with Gasteiger partial charge in [-0.05, 0) is 5.75 Å². The van der Waals surface area contributed by atoms with E-state index in [-0.39, 0.29) is 0 Å². The summed E-state index contributed by atoms with van der Waals surface area (Å²) in [5.74, 6) is 0.860. The van der Waals surface area contributed by atoms with Crippen molar-refractivity contribution < 1.29 is 9.09 Å². The second-order valence-corrected chi connectivity index (χ2v) is 7.03. The van der Waals surface area contributed by atoms with Gasteiger partial charge in [-0.2, -0.15) is 0 Å². The largest absolute Gasteiger partial charge is 0.324 e. The number of rotatable bonds is 4. The van der Waals surface area contributed by atoms with E-state index in [0.29, 0.717) is 6.16 Å². The Morgan fingerprint density at radius 1 is 1.56 bits per heavy atom. The van der Waals surface area contributed by atoms with E-state index in [1.165, 1.54) is 18.5 Å². The fourth-order valence-electron chi connectivity index (χ4n) is 0.470. The summed E-state index contributed by atoms with van der Waals surface area (Å²) in [6, 6.07) is 0. The zero-order chi connectivity index (χ0) is 7.33. The van der Waals surface area contributed by atoms with Crippen molar-refractivity contribution in [1.29, 1.82) is 0 Å². The molecule has 0 bridgehead atoms. The lowest BCUT2D eigenvalue weighted by atomic mass is 11.0. The predicted octanol–water partition coefficient (Wildman–Crippen LogP) is 2.60. The molecule has 1 atom stereocenters. The maximum Gasteiger partial charge on any atom is 0.257 e. The van der Waals surface area contributed by atoms with Crippen LogP contribution in [0.5, 0.6) is 0 Å². The first-order valence-corrected chi connectivity index (χ1v) is 6.38. The number of hydrogen-bond acceptors (Lipinski definition) is 3. The van der Waals surface area contributed by atoms with E-state index in [1.807, 2.05) is 13.8 Å². The molecule has 0 rings (SSSR count). The molecule has 0 fully saturated rings. The second kappa shape index (κ2) is 4.37. The minimum absolute atomic E-state index is 0.627. The van der Waals surface area contributed by atoms with Crippen LogP contribution in [-0.2, 0) is 9.09 Å². The van der Waals surface area contributed by atoms with Gasteiger partial charge in [0, 0.05) is 13.3 Å². The topological polar surface area (TPSA) is 26.3 Å². The Bertz CT molecular complexity index is 108. The highest BCUT2D eigenvalue weighted by molar-refractivity contribution is 8.56. The lowest BCUT2D eigenvalue weighted by molar-refractivity contribution is 0.410. The van der Waals surface area contributed by atoms with Crippen molar-refractivity contribution >= 4 is 18.0 Å². The standard InChI is InChI=1S/C5H13O2PS/c1-4-8(6,7-3)9-5-2/h4-5H2,1-3H3. The van der Waals surface area contributed by atoms with Crippen molar-refractivity contribution in [2.24, 2.45) is 0 Å². The summed E-state index contributed by atoms with van der Waals surface area (Å²) in [5, 5.41) is 0. The van der Waals surface area contributed by atoms with Crippen LogP contribution in [-0.4, -0.2) is 19.0 Å². The zero-order valence-electron chi connectivity index (χ0n) is 6.09. The Balaban J connectivity index is 3.78. The van der Waals surface area contributed by atoms with E-state index in [1.54, 1.807) is 0 Å². The van der Waals surface area contributed by atoms with Crippen molar-refractivity contribution in [3.63, 3.8) is 0 Å². The first kappa shape index (κ1) is 9.54. The molecular formula is C5H13O2PS. The molecule has 0 heterocycles. The van der Waals surface area contributed by atoms with E-state index in [2.05, 4.69) is 0 Å². The van der Waals surface area contributed by atoms with Crippen LogP contribution in [0.25, 0.3) is 0 Å². The van der Waals surface area contributed by atoms with E-state index in [4.69, 9.17) is 4.52 Å². The maximum atomic E-state index is 11.3. The summed E-state index contributed by atoms with van der Waals surface area (Å²) in [5.41, 5.74) is 0. The highest BCUT2D eigenvalue weighted by Crippen LogP contribution is 2.58. The van der Waals surface area contributed by atoms with Crippen molar-refractivity contribution in [2.45, 2.75) is 13.8 Å².